The molecule has 6 heteroatoms. The molecule has 0 spiro atoms. The lowest BCUT2D eigenvalue weighted by molar-refractivity contribution is -0.122. The lowest BCUT2D eigenvalue weighted by Gasteiger charge is -2.26. The summed E-state index contributed by atoms with van der Waals surface area (Å²) in [4.78, 5) is 12.4. The van der Waals surface area contributed by atoms with Crippen LogP contribution in [0.1, 0.15) is 5.56 Å². The van der Waals surface area contributed by atoms with E-state index in [2.05, 4.69) is 0 Å². The van der Waals surface area contributed by atoms with Gasteiger partial charge in [0.2, 0.25) is 6.41 Å². The maximum absolute atomic E-state index is 11.4. The molecule has 2 atom stereocenters. The van der Waals surface area contributed by atoms with Gasteiger partial charge in [-0.25, -0.2) is 8.42 Å². The van der Waals surface area contributed by atoms with Crippen LogP contribution in [0, 0.1) is 0 Å². The number of carbonyl (C=O) groups is 1. The largest absolute Gasteiger partial charge is 0.390 e. The number of amides is 1. The molecule has 0 aliphatic carbocycles. The molecule has 0 aromatic heterocycles. The van der Waals surface area contributed by atoms with Gasteiger partial charge in [-0.05, 0) is 5.56 Å². The quantitative estimate of drug-likeness (QED) is 0.768. The van der Waals surface area contributed by atoms with Crippen LogP contribution in [-0.4, -0.2) is 48.5 Å². The topological polar surface area (TPSA) is 74.7 Å². The fourth-order valence-electron chi connectivity index (χ4n) is 2.15. The number of carbonyl (C=O) groups excluding carboxylic acids is 1. The van der Waals surface area contributed by atoms with Crippen molar-refractivity contribution in [3.8, 4) is 0 Å². The summed E-state index contributed by atoms with van der Waals surface area (Å²) in [7, 11) is -3.24. The molecule has 98 valence electrons. The Balaban J connectivity index is 2.13. The molecule has 1 amide bonds. The Labute approximate surface area is 106 Å². The highest BCUT2D eigenvalue weighted by Crippen LogP contribution is 2.19. The number of sulfone groups is 1. The van der Waals surface area contributed by atoms with E-state index in [4.69, 9.17) is 0 Å². The Morgan fingerprint density at radius 3 is 2.44 bits per heavy atom. The van der Waals surface area contributed by atoms with Crippen LogP contribution in [0.4, 0.5) is 0 Å². The third-order valence-electron chi connectivity index (χ3n) is 3.06. The summed E-state index contributed by atoms with van der Waals surface area (Å²) in [5.41, 5.74) is 0.904. The third kappa shape index (κ3) is 2.88. The van der Waals surface area contributed by atoms with Gasteiger partial charge < -0.3 is 10.0 Å². The molecule has 0 saturated carbocycles. The average Bonchev–Trinajstić information content (AvgIpc) is 2.61. The number of aliphatic hydroxyl groups excluding tert-OH is 1. The molecule has 5 nitrogen and oxygen atoms in total. The first-order valence-electron chi connectivity index (χ1n) is 5.65. The third-order valence-corrected chi connectivity index (χ3v) is 4.76. The SMILES string of the molecule is O=CN(Cc1ccccc1)[C@@H]1CS(=O)(=O)C[C@H]1O. The summed E-state index contributed by atoms with van der Waals surface area (Å²) in [5, 5.41) is 9.72. The average molecular weight is 269 g/mol. The van der Waals surface area contributed by atoms with Crippen molar-refractivity contribution in [3.05, 3.63) is 35.9 Å². The van der Waals surface area contributed by atoms with E-state index in [0.29, 0.717) is 13.0 Å². The number of hydrogen-bond acceptors (Lipinski definition) is 4. The Bertz CT molecular complexity index is 514. The van der Waals surface area contributed by atoms with Crippen LogP contribution in [0.3, 0.4) is 0 Å². The fraction of sp³-hybridized carbons (Fsp3) is 0.417. The van der Waals surface area contributed by atoms with Crippen LogP contribution >= 0.6 is 0 Å². The molecule has 1 aromatic carbocycles. The highest BCUT2D eigenvalue weighted by Gasteiger charge is 2.39. The van der Waals surface area contributed by atoms with Gasteiger partial charge in [-0.2, -0.15) is 0 Å². The van der Waals surface area contributed by atoms with Gasteiger partial charge in [0.05, 0.1) is 23.7 Å². The molecule has 0 unspecified atom stereocenters. The number of nitrogens with zero attached hydrogens (tertiary/aromatic N) is 1. The van der Waals surface area contributed by atoms with Crippen molar-refractivity contribution in [2.45, 2.75) is 18.7 Å². The molecule has 1 N–H and O–H groups in total. The Morgan fingerprint density at radius 2 is 1.94 bits per heavy atom. The minimum Gasteiger partial charge on any atom is -0.390 e. The summed E-state index contributed by atoms with van der Waals surface area (Å²) in [5.74, 6) is -0.434. The standard InChI is InChI=1S/C12H15NO4S/c14-9-13(6-10-4-2-1-3-5-10)11-7-18(16,17)8-12(11)15/h1-5,9,11-12,15H,6-8H2/t11-,12-/m1/s1. The second kappa shape index (κ2) is 5.07. The molecule has 1 saturated heterocycles. The Morgan fingerprint density at radius 1 is 1.28 bits per heavy atom. The Hall–Kier alpha value is -1.40. The zero-order chi connectivity index (χ0) is 13.2. The van der Waals surface area contributed by atoms with Crippen LogP contribution in [-0.2, 0) is 21.2 Å². The number of hydrogen-bond donors (Lipinski definition) is 1. The van der Waals surface area contributed by atoms with Gasteiger partial charge >= 0.3 is 0 Å². The van der Waals surface area contributed by atoms with E-state index >= 15 is 0 Å². The fourth-order valence-corrected chi connectivity index (χ4v) is 3.97. The van der Waals surface area contributed by atoms with Crippen molar-refractivity contribution in [1.29, 1.82) is 0 Å². The van der Waals surface area contributed by atoms with Gasteiger partial charge in [0.1, 0.15) is 0 Å². The number of aliphatic hydroxyl groups is 1. The minimum absolute atomic E-state index is 0.167. The predicted octanol–water partition coefficient (Wildman–Crippen LogP) is -0.197. The van der Waals surface area contributed by atoms with E-state index in [0.717, 1.165) is 5.56 Å². The van der Waals surface area contributed by atoms with E-state index in [1.54, 1.807) is 0 Å². The van der Waals surface area contributed by atoms with Crippen LogP contribution in [0.5, 0.6) is 0 Å². The van der Waals surface area contributed by atoms with Gasteiger partial charge in [0.25, 0.3) is 0 Å². The maximum atomic E-state index is 11.4. The van der Waals surface area contributed by atoms with E-state index in [-0.39, 0.29) is 11.5 Å². The van der Waals surface area contributed by atoms with Crippen LogP contribution < -0.4 is 0 Å². The van der Waals surface area contributed by atoms with Crippen LogP contribution in [0.15, 0.2) is 30.3 Å². The molecule has 1 aliphatic heterocycles. The first-order chi connectivity index (χ1) is 8.52. The summed E-state index contributed by atoms with van der Waals surface area (Å²) < 4.78 is 22.8. The van der Waals surface area contributed by atoms with Crippen LogP contribution in [0.2, 0.25) is 0 Å². The molecule has 1 heterocycles. The summed E-state index contributed by atoms with van der Waals surface area (Å²) >= 11 is 0. The van der Waals surface area contributed by atoms with E-state index in [1.807, 2.05) is 30.3 Å². The molecule has 18 heavy (non-hydrogen) atoms. The zero-order valence-corrected chi connectivity index (χ0v) is 10.6. The predicted molar refractivity (Wildman–Crippen MR) is 66.5 cm³/mol. The second-order valence-corrected chi connectivity index (χ2v) is 6.63. The zero-order valence-electron chi connectivity index (χ0n) is 9.77. The normalized spacial score (nSPS) is 25.8. The van der Waals surface area contributed by atoms with Crippen molar-refractivity contribution in [2.75, 3.05) is 11.5 Å². The van der Waals surface area contributed by atoms with Gasteiger partial charge in [0.15, 0.2) is 9.84 Å². The van der Waals surface area contributed by atoms with Crippen molar-refractivity contribution in [3.63, 3.8) is 0 Å². The van der Waals surface area contributed by atoms with Crippen molar-refractivity contribution >= 4 is 16.2 Å². The summed E-state index contributed by atoms with van der Waals surface area (Å²) in [6.07, 6.45) is -0.397. The smallest absolute Gasteiger partial charge is 0.210 e. The lowest BCUT2D eigenvalue weighted by Crippen LogP contribution is -2.41. The van der Waals surface area contributed by atoms with Crippen LogP contribution in [0.25, 0.3) is 0 Å². The molecule has 0 bridgehead atoms. The van der Waals surface area contributed by atoms with E-state index in [9.17, 15) is 18.3 Å². The number of benzene rings is 1. The highest BCUT2D eigenvalue weighted by atomic mass is 32.2. The van der Waals surface area contributed by atoms with Crippen molar-refractivity contribution in [1.82, 2.24) is 4.90 Å². The summed E-state index contributed by atoms with van der Waals surface area (Å²) in [6.45, 7) is 0.307. The van der Waals surface area contributed by atoms with Gasteiger partial charge in [-0.1, -0.05) is 30.3 Å². The second-order valence-electron chi connectivity index (χ2n) is 4.47. The Kier molecular flexibility index (Phi) is 3.68. The van der Waals surface area contributed by atoms with Crippen molar-refractivity contribution < 1.29 is 18.3 Å². The number of rotatable bonds is 4. The molecular weight excluding hydrogens is 254 g/mol. The lowest BCUT2D eigenvalue weighted by atomic mass is 10.1. The van der Waals surface area contributed by atoms with Crippen molar-refractivity contribution in [2.24, 2.45) is 0 Å². The van der Waals surface area contributed by atoms with Gasteiger partial charge in [0, 0.05) is 6.54 Å². The molecule has 1 fully saturated rings. The minimum atomic E-state index is -3.24. The highest BCUT2D eigenvalue weighted by molar-refractivity contribution is 7.91. The molecule has 1 aliphatic rings. The summed E-state index contributed by atoms with van der Waals surface area (Å²) in [6, 6.07) is 8.62. The molecule has 1 aromatic rings. The molecular formula is C12H15NO4S. The molecule has 2 rings (SSSR count). The maximum Gasteiger partial charge on any atom is 0.210 e. The van der Waals surface area contributed by atoms with E-state index in [1.165, 1.54) is 4.90 Å². The monoisotopic (exact) mass is 269 g/mol. The molecule has 0 radical (unpaired) electrons. The first-order valence-corrected chi connectivity index (χ1v) is 7.47. The van der Waals surface area contributed by atoms with E-state index < -0.39 is 22.0 Å². The first kappa shape index (κ1) is 13.0. The van der Waals surface area contributed by atoms with Gasteiger partial charge in [-0.3, -0.25) is 4.79 Å². The van der Waals surface area contributed by atoms with Gasteiger partial charge in [-0.15, -0.1) is 0 Å².